The molecule has 1 aliphatic rings. The fourth-order valence-corrected chi connectivity index (χ4v) is 2.74. The number of nitrogens with zero attached hydrogens (tertiary/aromatic N) is 2. The van der Waals surface area contributed by atoms with Gasteiger partial charge >= 0.3 is 0 Å². The Morgan fingerprint density at radius 3 is 3.00 bits per heavy atom. The lowest BCUT2D eigenvalue weighted by Crippen LogP contribution is -2.02. The lowest BCUT2D eigenvalue weighted by Gasteiger charge is -1.97. The molecule has 17 heavy (non-hydrogen) atoms. The third-order valence-electron chi connectivity index (χ3n) is 3.19. The van der Waals surface area contributed by atoms with Gasteiger partial charge in [0.25, 0.3) is 0 Å². The van der Waals surface area contributed by atoms with E-state index in [0.29, 0.717) is 6.54 Å². The van der Waals surface area contributed by atoms with Crippen LogP contribution in [0.4, 0.5) is 0 Å². The Kier molecular flexibility index (Phi) is 2.99. The van der Waals surface area contributed by atoms with Crippen molar-refractivity contribution >= 4 is 11.3 Å². The summed E-state index contributed by atoms with van der Waals surface area (Å²) in [4.78, 5) is 0. The van der Waals surface area contributed by atoms with E-state index in [-0.39, 0.29) is 0 Å². The number of aromatic nitrogens is 2. The molecule has 3 rings (SSSR count). The molecule has 0 amide bonds. The van der Waals surface area contributed by atoms with Crippen LogP contribution in [-0.4, -0.2) is 16.3 Å². The van der Waals surface area contributed by atoms with Gasteiger partial charge in [-0.2, -0.15) is 16.4 Å². The van der Waals surface area contributed by atoms with E-state index in [1.165, 1.54) is 24.0 Å². The van der Waals surface area contributed by atoms with E-state index in [1.807, 2.05) is 0 Å². The molecule has 0 aliphatic heterocycles. The summed E-state index contributed by atoms with van der Waals surface area (Å²) in [6.45, 7) is 1.76. The molecule has 0 unspecified atom stereocenters. The largest absolute Gasteiger partial charge is 0.330 e. The van der Waals surface area contributed by atoms with Gasteiger partial charge in [0.1, 0.15) is 0 Å². The normalized spacial score (nSPS) is 15.4. The first-order valence-electron chi connectivity index (χ1n) is 6.16. The molecular formula is C13H17N3S. The highest BCUT2D eigenvalue weighted by Crippen LogP contribution is 2.31. The molecule has 2 aromatic rings. The first-order chi connectivity index (χ1) is 8.36. The van der Waals surface area contributed by atoms with E-state index in [4.69, 9.17) is 10.8 Å². The van der Waals surface area contributed by atoms with Crippen molar-refractivity contribution in [3.05, 3.63) is 28.6 Å². The fourth-order valence-electron chi connectivity index (χ4n) is 2.10. The topological polar surface area (TPSA) is 43.8 Å². The number of nitrogens with two attached hydrogens (primary N) is 1. The molecule has 2 aromatic heterocycles. The van der Waals surface area contributed by atoms with Crippen molar-refractivity contribution < 1.29 is 0 Å². The summed E-state index contributed by atoms with van der Waals surface area (Å²) in [7, 11) is 0. The molecular weight excluding hydrogens is 230 g/mol. The molecule has 2 N–H and O–H groups in total. The van der Waals surface area contributed by atoms with Crippen molar-refractivity contribution in [1.29, 1.82) is 0 Å². The number of rotatable bonds is 5. The number of hydrogen-bond donors (Lipinski definition) is 1. The van der Waals surface area contributed by atoms with E-state index < -0.39 is 0 Å². The Bertz CT molecular complexity index is 483. The minimum atomic E-state index is 0.687. The van der Waals surface area contributed by atoms with E-state index >= 15 is 0 Å². The predicted octanol–water partition coefficient (Wildman–Crippen LogP) is 2.52. The highest BCUT2D eigenvalue weighted by Gasteiger charge is 2.23. The zero-order valence-corrected chi connectivity index (χ0v) is 10.6. The van der Waals surface area contributed by atoms with E-state index in [0.717, 1.165) is 24.6 Å². The van der Waals surface area contributed by atoms with Gasteiger partial charge in [0, 0.05) is 23.7 Å². The predicted molar refractivity (Wildman–Crippen MR) is 71.0 cm³/mol. The minimum absolute atomic E-state index is 0.687. The highest BCUT2D eigenvalue weighted by molar-refractivity contribution is 7.08. The summed E-state index contributed by atoms with van der Waals surface area (Å²) < 4.78 is 2.11. The van der Waals surface area contributed by atoms with Crippen molar-refractivity contribution in [3.63, 3.8) is 0 Å². The second-order valence-corrected chi connectivity index (χ2v) is 5.50. The van der Waals surface area contributed by atoms with E-state index in [2.05, 4.69) is 27.7 Å². The van der Waals surface area contributed by atoms with Gasteiger partial charge in [-0.1, -0.05) is 0 Å². The third-order valence-corrected chi connectivity index (χ3v) is 3.87. The maximum atomic E-state index is 5.67. The molecule has 1 fully saturated rings. The standard InChI is InChI=1S/C13H17N3S/c14-5-3-11-8-16(7-10-1-2-10)15-13(11)12-4-6-17-9-12/h4,6,8-10H,1-3,5,7,14H2. The van der Waals surface area contributed by atoms with Crippen molar-refractivity contribution in [2.24, 2.45) is 11.7 Å². The van der Waals surface area contributed by atoms with Crippen LogP contribution < -0.4 is 5.73 Å². The maximum Gasteiger partial charge on any atom is 0.0963 e. The van der Waals surface area contributed by atoms with Crippen LogP contribution in [-0.2, 0) is 13.0 Å². The Labute approximate surface area is 105 Å². The second-order valence-electron chi connectivity index (χ2n) is 4.72. The molecule has 0 radical (unpaired) electrons. The van der Waals surface area contributed by atoms with Gasteiger partial charge in [0.05, 0.1) is 5.69 Å². The fraction of sp³-hybridized carbons (Fsp3) is 0.462. The van der Waals surface area contributed by atoms with Crippen LogP contribution in [0.25, 0.3) is 11.3 Å². The third kappa shape index (κ3) is 2.42. The molecule has 90 valence electrons. The Morgan fingerprint density at radius 1 is 1.47 bits per heavy atom. The smallest absolute Gasteiger partial charge is 0.0963 e. The van der Waals surface area contributed by atoms with E-state index in [1.54, 1.807) is 11.3 Å². The maximum absolute atomic E-state index is 5.67. The summed E-state index contributed by atoms with van der Waals surface area (Å²) in [6, 6.07) is 2.13. The Hall–Kier alpha value is -1.13. The van der Waals surface area contributed by atoms with Gasteiger partial charge in [0.15, 0.2) is 0 Å². The Balaban J connectivity index is 1.90. The molecule has 0 aromatic carbocycles. The minimum Gasteiger partial charge on any atom is -0.330 e. The van der Waals surface area contributed by atoms with Crippen LogP contribution >= 0.6 is 11.3 Å². The van der Waals surface area contributed by atoms with Crippen LogP contribution in [0.1, 0.15) is 18.4 Å². The van der Waals surface area contributed by atoms with Crippen LogP contribution in [0.5, 0.6) is 0 Å². The second kappa shape index (κ2) is 4.63. The molecule has 0 atom stereocenters. The molecule has 3 nitrogen and oxygen atoms in total. The van der Waals surface area contributed by atoms with Gasteiger partial charge in [-0.25, -0.2) is 0 Å². The average molecular weight is 247 g/mol. The van der Waals surface area contributed by atoms with Crippen molar-refractivity contribution in [1.82, 2.24) is 9.78 Å². The first kappa shape index (κ1) is 11.0. The molecule has 1 saturated carbocycles. The molecule has 2 heterocycles. The first-order valence-corrected chi connectivity index (χ1v) is 7.10. The van der Waals surface area contributed by atoms with Gasteiger partial charge < -0.3 is 5.73 Å². The van der Waals surface area contributed by atoms with Crippen molar-refractivity contribution in [2.75, 3.05) is 6.54 Å². The average Bonchev–Trinajstić information content (AvgIpc) is 2.82. The molecule has 0 saturated heterocycles. The lowest BCUT2D eigenvalue weighted by molar-refractivity contribution is 0.564. The summed E-state index contributed by atoms with van der Waals surface area (Å²) in [5.74, 6) is 0.857. The van der Waals surface area contributed by atoms with Crippen molar-refractivity contribution in [2.45, 2.75) is 25.8 Å². The monoisotopic (exact) mass is 247 g/mol. The highest BCUT2D eigenvalue weighted by atomic mass is 32.1. The van der Waals surface area contributed by atoms with Gasteiger partial charge in [-0.05, 0) is 48.7 Å². The zero-order valence-electron chi connectivity index (χ0n) is 9.80. The summed E-state index contributed by atoms with van der Waals surface area (Å²) >= 11 is 1.72. The zero-order chi connectivity index (χ0) is 11.7. The van der Waals surface area contributed by atoms with Crippen LogP contribution in [0.15, 0.2) is 23.0 Å². The van der Waals surface area contributed by atoms with Crippen LogP contribution in [0, 0.1) is 5.92 Å². The summed E-state index contributed by atoms with van der Waals surface area (Å²) in [6.07, 6.45) is 5.81. The molecule has 1 aliphatic carbocycles. The lowest BCUT2D eigenvalue weighted by atomic mass is 10.1. The molecule has 0 spiro atoms. The summed E-state index contributed by atoms with van der Waals surface area (Å²) in [5, 5.41) is 8.97. The van der Waals surface area contributed by atoms with Gasteiger partial charge in [0.2, 0.25) is 0 Å². The summed E-state index contributed by atoms with van der Waals surface area (Å²) in [5.41, 5.74) is 9.31. The molecule has 4 heteroatoms. The molecule has 0 bridgehead atoms. The number of hydrogen-bond acceptors (Lipinski definition) is 3. The van der Waals surface area contributed by atoms with Crippen LogP contribution in [0.2, 0.25) is 0 Å². The number of thiophene rings is 1. The van der Waals surface area contributed by atoms with E-state index in [9.17, 15) is 0 Å². The van der Waals surface area contributed by atoms with Gasteiger partial charge in [-0.15, -0.1) is 0 Å². The van der Waals surface area contributed by atoms with Crippen molar-refractivity contribution in [3.8, 4) is 11.3 Å². The van der Waals surface area contributed by atoms with Gasteiger partial charge in [-0.3, -0.25) is 4.68 Å². The Morgan fingerprint density at radius 2 is 2.35 bits per heavy atom. The quantitative estimate of drug-likeness (QED) is 0.882. The van der Waals surface area contributed by atoms with Crippen LogP contribution in [0.3, 0.4) is 0 Å². The SMILES string of the molecule is NCCc1cn(CC2CC2)nc1-c1ccsc1.